The SMILES string of the molecule is Cc1c(NC(=O)NCC(c2cccs2)N(C)C)cccc1[N+](=O)[O-]. The zero-order chi connectivity index (χ0) is 17.7. The number of likely N-dealkylation sites (N-methyl/N-ethyl adjacent to an activating group) is 1. The Labute approximate surface area is 144 Å². The highest BCUT2D eigenvalue weighted by Crippen LogP contribution is 2.25. The van der Waals surface area contributed by atoms with E-state index in [2.05, 4.69) is 10.6 Å². The second-order valence-electron chi connectivity index (χ2n) is 5.54. The molecule has 8 heteroatoms. The van der Waals surface area contributed by atoms with Crippen molar-refractivity contribution in [2.75, 3.05) is 26.0 Å². The van der Waals surface area contributed by atoms with E-state index in [0.29, 0.717) is 17.8 Å². The summed E-state index contributed by atoms with van der Waals surface area (Å²) in [6.07, 6.45) is 0. The lowest BCUT2D eigenvalue weighted by Gasteiger charge is -2.23. The number of nitrogens with one attached hydrogen (secondary N) is 2. The van der Waals surface area contributed by atoms with Crippen molar-refractivity contribution in [3.05, 3.63) is 56.3 Å². The third kappa shape index (κ3) is 4.30. The van der Waals surface area contributed by atoms with Gasteiger partial charge in [0.25, 0.3) is 5.69 Å². The molecule has 1 aromatic carbocycles. The number of anilines is 1. The largest absolute Gasteiger partial charge is 0.336 e. The van der Waals surface area contributed by atoms with E-state index >= 15 is 0 Å². The zero-order valence-corrected chi connectivity index (χ0v) is 14.6. The summed E-state index contributed by atoms with van der Waals surface area (Å²) in [7, 11) is 3.91. The van der Waals surface area contributed by atoms with Gasteiger partial charge in [0.2, 0.25) is 0 Å². The predicted molar refractivity (Wildman–Crippen MR) is 95.6 cm³/mol. The number of rotatable bonds is 6. The minimum Gasteiger partial charge on any atom is -0.336 e. The molecule has 0 saturated heterocycles. The van der Waals surface area contributed by atoms with Crippen LogP contribution in [0.15, 0.2) is 35.7 Å². The number of nitro groups is 1. The minimum absolute atomic E-state index is 0.0162. The fraction of sp³-hybridized carbons (Fsp3) is 0.312. The molecule has 24 heavy (non-hydrogen) atoms. The van der Waals surface area contributed by atoms with Crippen molar-refractivity contribution >= 4 is 28.7 Å². The molecule has 0 aliphatic carbocycles. The highest BCUT2D eigenvalue weighted by atomic mass is 32.1. The van der Waals surface area contributed by atoms with E-state index in [-0.39, 0.29) is 17.8 Å². The van der Waals surface area contributed by atoms with Gasteiger partial charge in [0, 0.05) is 17.5 Å². The average Bonchev–Trinajstić information content (AvgIpc) is 3.03. The van der Waals surface area contributed by atoms with Gasteiger partial charge in [0.1, 0.15) is 0 Å². The Morgan fingerprint density at radius 3 is 2.67 bits per heavy atom. The lowest BCUT2D eigenvalue weighted by atomic mass is 10.1. The first kappa shape index (κ1) is 17.9. The fourth-order valence-electron chi connectivity index (χ4n) is 2.33. The molecule has 0 spiro atoms. The van der Waals surface area contributed by atoms with Crippen molar-refractivity contribution in [2.45, 2.75) is 13.0 Å². The fourth-order valence-corrected chi connectivity index (χ4v) is 3.25. The molecular formula is C16H20N4O3S. The monoisotopic (exact) mass is 348 g/mol. The maximum Gasteiger partial charge on any atom is 0.319 e. The lowest BCUT2D eigenvalue weighted by molar-refractivity contribution is -0.385. The van der Waals surface area contributed by atoms with E-state index in [1.165, 1.54) is 6.07 Å². The second kappa shape index (κ2) is 7.89. The van der Waals surface area contributed by atoms with Crippen LogP contribution in [0, 0.1) is 17.0 Å². The molecule has 2 rings (SSSR count). The number of hydrogen-bond acceptors (Lipinski definition) is 5. The Morgan fingerprint density at radius 1 is 1.33 bits per heavy atom. The molecule has 0 aliphatic rings. The molecule has 128 valence electrons. The van der Waals surface area contributed by atoms with Crippen LogP contribution in [0.5, 0.6) is 0 Å². The first-order valence-corrected chi connectivity index (χ1v) is 8.26. The van der Waals surface area contributed by atoms with Crippen LogP contribution >= 0.6 is 11.3 Å². The van der Waals surface area contributed by atoms with E-state index in [1.54, 1.807) is 30.4 Å². The lowest BCUT2D eigenvalue weighted by Crippen LogP contribution is -2.36. The van der Waals surface area contributed by atoms with Crippen LogP contribution in [0.2, 0.25) is 0 Å². The molecule has 2 aromatic rings. The molecule has 1 aromatic heterocycles. The molecule has 1 heterocycles. The van der Waals surface area contributed by atoms with Crippen molar-refractivity contribution in [3.8, 4) is 0 Å². The van der Waals surface area contributed by atoms with Gasteiger partial charge in [-0.25, -0.2) is 4.79 Å². The molecular weight excluding hydrogens is 328 g/mol. The quantitative estimate of drug-likeness (QED) is 0.619. The maximum atomic E-state index is 12.1. The summed E-state index contributed by atoms with van der Waals surface area (Å²) in [5.41, 5.74) is 0.844. The number of benzene rings is 1. The molecule has 2 amide bonds. The minimum atomic E-state index is -0.461. The number of carbonyl (C=O) groups is 1. The maximum absolute atomic E-state index is 12.1. The molecule has 7 nitrogen and oxygen atoms in total. The Hall–Kier alpha value is -2.45. The third-order valence-electron chi connectivity index (χ3n) is 3.70. The highest BCUT2D eigenvalue weighted by molar-refractivity contribution is 7.10. The first-order valence-electron chi connectivity index (χ1n) is 7.39. The van der Waals surface area contributed by atoms with Gasteiger partial charge < -0.3 is 15.5 Å². The van der Waals surface area contributed by atoms with Gasteiger partial charge in [-0.3, -0.25) is 10.1 Å². The van der Waals surface area contributed by atoms with E-state index in [4.69, 9.17) is 0 Å². The molecule has 0 aliphatic heterocycles. The van der Waals surface area contributed by atoms with Crippen molar-refractivity contribution in [1.29, 1.82) is 0 Å². The van der Waals surface area contributed by atoms with Crippen LogP contribution in [-0.4, -0.2) is 36.5 Å². The summed E-state index contributed by atoms with van der Waals surface area (Å²) in [4.78, 5) is 25.8. The molecule has 0 saturated carbocycles. The highest BCUT2D eigenvalue weighted by Gasteiger charge is 2.18. The Kier molecular flexibility index (Phi) is 5.88. The average molecular weight is 348 g/mol. The van der Waals surface area contributed by atoms with Gasteiger partial charge in [-0.2, -0.15) is 0 Å². The summed E-state index contributed by atoms with van der Waals surface area (Å²) in [6, 6.07) is 8.29. The van der Waals surface area contributed by atoms with Crippen LogP contribution in [-0.2, 0) is 0 Å². The number of amides is 2. The van der Waals surface area contributed by atoms with Gasteiger partial charge in [0.15, 0.2) is 0 Å². The molecule has 0 fully saturated rings. The molecule has 0 radical (unpaired) electrons. The number of urea groups is 1. The van der Waals surface area contributed by atoms with Gasteiger partial charge in [-0.15, -0.1) is 11.3 Å². The first-order chi connectivity index (χ1) is 11.4. The van der Waals surface area contributed by atoms with Gasteiger partial charge in [0.05, 0.1) is 22.2 Å². The summed E-state index contributed by atoms with van der Waals surface area (Å²) >= 11 is 1.63. The van der Waals surface area contributed by atoms with Crippen LogP contribution in [0.3, 0.4) is 0 Å². The van der Waals surface area contributed by atoms with Crippen LogP contribution in [0.25, 0.3) is 0 Å². The smallest absolute Gasteiger partial charge is 0.319 e. The molecule has 0 bridgehead atoms. The topological polar surface area (TPSA) is 87.5 Å². The van der Waals surface area contributed by atoms with Crippen molar-refractivity contribution < 1.29 is 9.72 Å². The number of nitrogens with zero attached hydrogens (tertiary/aromatic N) is 2. The summed E-state index contributed by atoms with van der Waals surface area (Å²) in [5.74, 6) is 0. The summed E-state index contributed by atoms with van der Waals surface area (Å²) in [6.45, 7) is 2.05. The molecule has 1 atom stereocenters. The predicted octanol–water partition coefficient (Wildman–Crippen LogP) is 3.39. The van der Waals surface area contributed by atoms with Crippen molar-refractivity contribution in [1.82, 2.24) is 10.2 Å². The van der Waals surface area contributed by atoms with E-state index < -0.39 is 4.92 Å². The second-order valence-corrected chi connectivity index (χ2v) is 6.52. The number of hydrogen-bond donors (Lipinski definition) is 2. The van der Waals surface area contributed by atoms with E-state index in [9.17, 15) is 14.9 Å². The summed E-state index contributed by atoms with van der Waals surface area (Å²) < 4.78 is 0. The Balaban J connectivity index is 2.01. The van der Waals surface area contributed by atoms with Crippen LogP contribution < -0.4 is 10.6 Å². The molecule has 1 unspecified atom stereocenters. The molecule has 2 N–H and O–H groups in total. The normalized spacial score (nSPS) is 12.0. The number of carbonyl (C=O) groups excluding carboxylic acids is 1. The van der Waals surface area contributed by atoms with E-state index in [0.717, 1.165) is 4.88 Å². The van der Waals surface area contributed by atoms with Gasteiger partial charge in [-0.1, -0.05) is 12.1 Å². The van der Waals surface area contributed by atoms with Crippen molar-refractivity contribution in [2.24, 2.45) is 0 Å². The summed E-state index contributed by atoms with van der Waals surface area (Å²) in [5, 5.41) is 18.4. The van der Waals surface area contributed by atoms with E-state index in [1.807, 2.05) is 36.5 Å². The standard InChI is InChI=1S/C16H20N4O3S/c1-11-12(6-4-7-13(11)20(22)23)18-16(21)17-10-14(19(2)3)15-8-5-9-24-15/h4-9,14H,10H2,1-3H3,(H2,17,18,21). The van der Waals surface area contributed by atoms with Crippen LogP contribution in [0.1, 0.15) is 16.5 Å². The van der Waals surface area contributed by atoms with Gasteiger partial charge >= 0.3 is 6.03 Å². The number of nitro benzene ring substituents is 1. The Bertz CT molecular complexity index is 716. The Morgan fingerprint density at radius 2 is 2.08 bits per heavy atom. The van der Waals surface area contributed by atoms with Crippen molar-refractivity contribution in [3.63, 3.8) is 0 Å². The van der Waals surface area contributed by atoms with Gasteiger partial charge in [-0.05, 0) is 38.5 Å². The van der Waals surface area contributed by atoms with Crippen LogP contribution in [0.4, 0.5) is 16.2 Å². The number of thiophene rings is 1. The third-order valence-corrected chi connectivity index (χ3v) is 4.67. The zero-order valence-electron chi connectivity index (χ0n) is 13.8.